The minimum Gasteiger partial charge on any atom is -0.467 e. The molecule has 1 saturated heterocycles. The van der Waals surface area contributed by atoms with Gasteiger partial charge < -0.3 is 14.6 Å². The Bertz CT molecular complexity index is 442. The zero-order valence-electron chi connectivity index (χ0n) is 11.4. The molecule has 5 nitrogen and oxygen atoms in total. The molecule has 1 aliphatic rings. The van der Waals surface area contributed by atoms with E-state index < -0.39 is 0 Å². The van der Waals surface area contributed by atoms with E-state index >= 15 is 0 Å². The number of hydrogen-bond donors (Lipinski definition) is 1. The molecule has 0 spiro atoms. The first-order valence-corrected chi connectivity index (χ1v) is 6.71. The Balaban J connectivity index is 1.85. The summed E-state index contributed by atoms with van der Waals surface area (Å²) in [4.78, 5) is 25.7. The fourth-order valence-electron chi connectivity index (χ4n) is 2.29. The van der Waals surface area contributed by atoms with Crippen molar-refractivity contribution in [2.75, 3.05) is 6.54 Å². The first-order valence-electron chi connectivity index (χ1n) is 6.71. The van der Waals surface area contributed by atoms with Crippen molar-refractivity contribution in [1.29, 1.82) is 0 Å². The number of carbonyl (C=O) groups excluding carboxylic acids is 2. The molecule has 0 bridgehead atoms. The van der Waals surface area contributed by atoms with Gasteiger partial charge in [0.2, 0.25) is 11.8 Å². The molecule has 0 radical (unpaired) electrons. The smallest absolute Gasteiger partial charge is 0.225 e. The molecule has 0 aliphatic carbocycles. The van der Waals surface area contributed by atoms with Crippen molar-refractivity contribution in [1.82, 2.24) is 10.2 Å². The van der Waals surface area contributed by atoms with Gasteiger partial charge in [-0.25, -0.2) is 0 Å². The lowest BCUT2D eigenvalue weighted by Gasteiger charge is -2.23. The van der Waals surface area contributed by atoms with Crippen LogP contribution in [0.3, 0.4) is 0 Å². The third kappa shape index (κ3) is 3.16. The van der Waals surface area contributed by atoms with E-state index in [1.54, 1.807) is 17.2 Å². The van der Waals surface area contributed by atoms with E-state index in [0.717, 1.165) is 12.2 Å². The maximum Gasteiger partial charge on any atom is 0.225 e. The van der Waals surface area contributed by atoms with Crippen molar-refractivity contribution in [2.45, 2.75) is 39.3 Å². The monoisotopic (exact) mass is 264 g/mol. The van der Waals surface area contributed by atoms with Crippen LogP contribution in [-0.2, 0) is 16.1 Å². The molecule has 2 atom stereocenters. The minimum atomic E-state index is -0.239. The summed E-state index contributed by atoms with van der Waals surface area (Å²) in [6.07, 6.45) is 2.80. The molecule has 0 aromatic carbocycles. The standard InChI is InChI=1S/C14H20N2O3/c1-3-10(2)16-9-11(7-13(16)17)14(18)15-8-12-5-4-6-19-12/h4-6,10-11H,3,7-9H2,1-2H3,(H,15,18). The Labute approximate surface area is 113 Å². The predicted molar refractivity (Wildman–Crippen MR) is 70.1 cm³/mol. The summed E-state index contributed by atoms with van der Waals surface area (Å²) in [5.41, 5.74) is 0. The molecule has 5 heteroatoms. The number of hydrogen-bond acceptors (Lipinski definition) is 3. The number of amides is 2. The lowest BCUT2D eigenvalue weighted by Crippen LogP contribution is -2.36. The van der Waals surface area contributed by atoms with Crippen molar-refractivity contribution < 1.29 is 14.0 Å². The molecule has 19 heavy (non-hydrogen) atoms. The second-order valence-corrected chi connectivity index (χ2v) is 5.00. The molecule has 2 amide bonds. The van der Waals surface area contributed by atoms with Gasteiger partial charge in [0.25, 0.3) is 0 Å². The summed E-state index contributed by atoms with van der Waals surface area (Å²) in [6, 6.07) is 3.80. The van der Waals surface area contributed by atoms with Crippen LogP contribution in [0.2, 0.25) is 0 Å². The van der Waals surface area contributed by atoms with Gasteiger partial charge in [-0.05, 0) is 25.5 Å². The van der Waals surface area contributed by atoms with E-state index in [1.165, 1.54) is 0 Å². The highest BCUT2D eigenvalue weighted by Crippen LogP contribution is 2.21. The number of likely N-dealkylation sites (tertiary alicyclic amines) is 1. The Morgan fingerprint density at radius 2 is 2.42 bits per heavy atom. The lowest BCUT2D eigenvalue weighted by atomic mass is 10.1. The van der Waals surface area contributed by atoms with E-state index in [-0.39, 0.29) is 23.8 Å². The normalized spacial score (nSPS) is 20.6. The van der Waals surface area contributed by atoms with E-state index in [4.69, 9.17) is 4.42 Å². The number of nitrogens with zero attached hydrogens (tertiary/aromatic N) is 1. The Morgan fingerprint density at radius 1 is 1.63 bits per heavy atom. The van der Waals surface area contributed by atoms with Crippen LogP contribution in [0, 0.1) is 5.92 Å². The van der Waals surface area contributed by atoms with E-state index in [2.05, 4.69) is 5.32 Å². The van der Waals surface area contributed by atoms with Crippen LogP contribution in [0.25, 0.3) is 0 Å². The van der Waals surface area contributed by atoms with Crippen LogP contribution in [0.5, 0.6) is 0 Å². The van der Waals surface area contributed by atoms with Crippen molar-refractivity contribution in [2.24, 2.45) is 5.92 Å². The first-order chi connectivity index (χ1) is 9.11. The maximum atomic E-state index is 12.0. The Kier molecular flexibility index (Phi) is 4.24. The molecule has 1 aromatic heterocycles. The molecular weight excluding hydrogens is 244 g/mol. The second-order valence-electron chi connectivity index (χ2n) is 5.00. The maximum absolute atomic E-state index is 12.0. The zero-order valence-corrected chi connectivity index (χ0v) is 11.4. The van der Waals surface area contributed by atoms with Crippen molar-refractivity contribution in [3.63, 3.8) is 0 Å². The van der Waals surface area contributed by atoms with Gasteiger partial charge in [-0.2, -0.15) is 0 Å². The van der Waals surface area contributed by atoms with Gasteiger partial charge in [0.05, 0.1) is 18.7 Å². The molecule has 2 unspecified atom stereocenters. The SMILES string of the molecule is CCC(C)N1CC(C(=O)NCc2ccco2)CC1=O. The quantitative estimate of drug-likeness (QED) is 0.877. The Morgan fingerprint density at radius 3 is 3.05 bits per heavy atom. The molecule has 2 rings (SSSR count). The van der Waals surface area contributed by atoms with Crippen LogP contribution in [-0.4, -0.2) is 29.3 Å². The van der Waals surface area contributed by atoms with Gasteiger partial charge in [0.15, 0.2) is 0 Å². The molecule has 0 saturated carbocycles. The van der Waals surface area contributed by atoms with Crippen LogP contribution < -0.4 is 5.32 Å². The topological polar surface area (TPSA) is 62.6 Å². The van der Waals surface area contributed by atoms with Gasteiger partial charge in [-0.1, -0.05) is 6.92 Å². The highest BCUT2D eigenvalue weighted by molar-refractivity contribution is 5.89. The summed E-state index contributed by atoms with van der Waals surface area (Å²) >= 11 is 0. The molecule has 104 valence electrons. The Hall–Kier alpha value is -1.78. The zero-order chi connectivity index (χ0) is 13.8. The number of furan rings is 1. The highest BCUT2D eigenvalue weighted by atomic mass is 16.3. The first kappa shape index (κ1) is 13.6. The molecule has 1 N–H and O–H groups in total. The fraction of sp³-hybridized carbons (Fsp3) is 0.571. The number of nitrogens with one attached hydrogen (secondary N) is 1. The summed E-state index contributed by atoms with van der Waals surface area (Å²) in [5.74, 6) is 0.482. The largest absolute Gasteiger partial charge is 0.467 e. The van der Waals surface area contributed by atoms with Gasteiger partial charge in [-0.3, -0.25) is 9.59 Å². The number of carbonyl (C=O) groups is 2. The second kappa shape index (κ2) is 5.91. The average Bonchev–Trinajstić information content (AvgIpc) is 3.04. The number of rotatable bonds is 5. The van der Waals surface area contributed by atoms with Crippen LogP contribution in [0.1, 0.15) is 32.4 Å². The van der Waals surface area contributed by atoms with Gasteiger partial charge in [0.1, 0.15) is 5.76 Å². The van der Waals surface area contributed by atoms with Crippen LogP contribution in [0.4, 0.5) is 0 Å². The van der Waals surface area contributed by atoms with Gasteiger partial charge >= 0.3 is 0 Å². The fourth-order valence-corrected chi connectivity index (χ4v) is 2.29. The van der Waals surface area contributed by atoms with Crippen LogP contribution in [0.15, 0.2) is 22.8 Å². The minimum absolute atomic E-state index is 0.0736. The molecule has 1 aliphatic heterocycles. The average molecular weight is 264 g/mol. The molecule has 1 fully saturated rings. The summed E-state index contributed by atoms with van der Waals surface area (Å²) in [6.45, 7) is 4.96. The van der Waals surface area contributed by atoms with Crippen molar-refractivity contribution >= 4 is 11.8 Å². The lowest BCUT2D eigenvalue weighted by molar-refractivity contribution is -0.130. The van der Waals surface area contributed by atoms with Gasteiger partial charge in [-0.15, -0.1) is 0 Å². The summed E-state index contributed by atoms with van der Waals surface area (Å²) in [5, 5.41) is 2.81. The molecule has 2 heterocycles. The summed E-state index contributed by atoms with van der Waals surface area (Å²) in [7, 11) is 0. The van der Waals surface area contributed by atoms with E-state index in [0.29, 0.717) is 19.5 Å². The van der Waals surface area contributed by atoms with Crippen molar-refractivity contribution in [3.8, 4) is 0 Å². The summed E-state index contributed by atoms with van der Waals surface area (Å²) < 4.78 is 5.15. The third-order valence-corrected chi connectivity index (χ3v) is 3.67. The van der Waals surface area contributed by atoms with Crippen molar-refractivity contribution in [3.05, 3.63) is 24.2 Å². The van der Waals surface area contributed by atoms with Gasteiger partial charge in [0, 0.05) is 19.0 Å². The van der Waals surface area contributed by atoms with Crippen LogP contribution >= 0.6 is 0 Å². The molecular formula is C14H20N2O3. The highest BCUT2D eigenvalue weighted by Gasteiger charge is 2.35. The van der Waals surface area contributed by atoms with E-state index in [9.17, 15) is 9.59 Å². The third-order valence-electron chi connectivity index (χ3n) is 3.67. The molecule has 1 aromatic rings. The van der Waals surface area contributed by atoms with E-state index in [1.807, 2.05) is 19.9 Å². The predicted octanol–water partition coefficient (Wildman–Crippen LogP) is 1.54.